The summed E-state index contributed by atoms with van der Waals surface area (Å²) in [6.07, 6.45) is -7.22. The Kier molecular flexibility index (Phi) is 14.6. The summed E-state index contributed by atoms with van der Waals surface area (Å²) in [6.45, 7) is 0. The molecule has 0 aromatic heterocycles. The van der Waals surface area contributed by atoms with E-state index in [0.717, 1.165) is 14.9 Å². The van der Waals surface area contributed by atoms with Gasteiger partial charge in [-0.3, -0.25) is 4.79 Å². The van der Waals surface area contributed by atoms with E-state index in [1.807, 2.05) is 30.3 Å². The second-order valence-corrected chi connectivity index (χ2v) is 16.3. The fourth-order valence-electron chi connectivity index (χ4n) is 5.87. The molecule has 0 atom stereocenters. The minimum Gasteiger partial charge on any atom is -0.289 e. The van der Waals surface area contributed by atoms with Crippen LogP contribution in [-0.2, 0) is 10.9 Å². The van der Waals surface area contributed by atoms with Crippen molar-refractivity contribution in [3.63, 3.8) is 0 Å². The van der Waals surface area contributed by atoms with Gasteiger partial charge in [-0.1, -0.05) is 30.3 Å². The van der Waals surface area contributed by atoms with E-state index in [4.69, 9.17) is 0 Å². The first-order valence-electron chi connectivity index (χ1n) is 15.1. The van der Waals surface area contributed by atoms with Crippen LogP contribution in [0.4, 0.5) is 87.8 Å². The van der Waals surface area contributed by atoms with Crippen LogP contribution in [0.2, 0.25) is 0 Å². The number of Topliss-reactive ketones (excluding diaryl/α,β-unsaturated/α-hetero) is 1. The van der Waals surface area contributed by atoms with Gasteiger partial charge in [0.25, 0.3) is 0 Å². The molecule has 0 N–H and O–H groups in total. The maximum absolute atomic E-state index is 15.4. The Morgan fingerprint density at radius 3 is 0.780 bits per heavy atom. The number of ketones is 1. The molecule has 25 heteroatoms. The van der Waals surface area contributed by atoms with Gasteiger partial charge in [-0.2, -0.15) is 0 Å². The van der Waals surface area contributed by atoms with Gasteiger partial charge in [0.2, 0.25) is 5.78 Å². The fraction of sp³-hybridized carbons (Fsp3) is 0.0882. The number of carbonyl (C=O) groups excluding carboxylic acids is 1. The molecule has 1 nitrogen and oxygen atoms in total. The third-order valence-corrected chi connectivity index (χ3v) is 13.6. The highest BCUT2D eigenvalue weighted by atomic mass is 79.9. The van der Waals surface area contributed by atoms with Crippen molar-refractivity contribution in [3.05, 3.63) is 152 Å². The maximum Gasteiger partial charge on any atom is 0.211 e. The Hall–Kier alpha value is -4.26. The van der Waals surface area contributed by atoms with Crippen LogP contribution >= 0.6 is 31.9 Å². The van der Waals surface area contributed by atoms with E-state index < -0.39 is 144 Å². The zero-order valence-corrected chi connectivity index (χ0v) is 31.7. The van der Waals surface area contributed by atoms with Crippen molar-refractivity contribution in [2.24, 2.45) is 0 Å². The lowest BCUT2D eigenvalue weighted by molar-refractivity contribution is 0.102. The van der Waals surface area contributed by atoms with E-state index in [0.29, 0.717) is 5.75 Å². The molecule has 0 saturated heterocycles. The predicted molar refractivity (Wildman–Crippen MR) is 180 cm³/mol. The van der Waals surface area contributed by atoms with Gasteiger partial charge in [0, 0.05) is 16.5 Å². The number of alkyl halides is 2. The van der Waals surface area contributed by atoms with Gasteiger partial charge in [-0.05, 0) is 31.9 Å². The van der Waals surface area contributed by atoms with Crippen molar-refractivity contribution in [2.45, 2.75) is 0 Å². The van der Waals surface area contributed by atoms with E-state index >= 15 is 35.1 Å². The summed E-state index contributed by atoms with van der Waals surface area (Å²) in [5.41, 5.74) is -13.5. The van der Waals surface area contributed by atoms with E-state index in [-0.39, 0.29) is 16.7 Å². The number of hydrogen-bond donors (Lipinski definition) is 0. The van der Waals surface area contributed by atoms with Crippen molar-refractivity contribution in [1.82, 2.24) is 0 Å². The van der Waals surface area contributed by atoms with Gasteiger partial charge in [-0.15, -0.1) is 21.9 Å². The first-order chi connectivity index (χ1) is 27.5. The third-order valence-electron chi connectivity index (χ3n) is 8.45. The first-order valence-corrected chi connectivity index (χ1v) is 19.0. The van der Waals surface area contributed by atoms with Crippen molar-refractivity contribution < 1.29 is 92.6 Å². The van der Waals surface area contributed by atoms with E-state index in [1.54, 1.807) is 0 Å². The molecule has 59 heavy (non-hydrogen) atoms. The minimum absolute atomic E-state index is 0.115. The van der Waals surface area contributed by atoms with Crippen LogP contribution in [-0.4, -0.2) is 27.0 Å². The molecule has 5 aromatic carbocycles. The molecule has 0 fully saturated rings. The molecule has 0 aliphatic carbocycles. The molecule has 0 heterocycles. The lowest BCUT2D eigenvalue weighted by atomic mass is 9.12. The highest BCUT2D eigenvalue weighted by Crippen LogP contribution is 2.30. The highest BCUT2D eigenvalue weighted by molar-refractivity contribution is 9.12. The zero-order chi connectivity index (χ0) is 44.7. The molecule has 0 saturated carbocycles. The SMILES string of the molecule is Fc1c(F)c(F)c([B-](c2c(F)c(F)c(F)c(F)c2F)(c2c(F)c(F)c(F)c(F)c2F)c2c(F)c(F)c(F)c(F)c2F)c(F)c1F.O=C(C[S+](CBr)CBr)c1ccccc1. The monoisotopic (exact) mass is 1020 g/mol. The van der Waals surface area contributed by atoms with Crippen molar-refractivity contribution in [1.29, 1.82) is 0 Å². The maximum atomic E-state index is 15.4. The summed E-state index contributed by atoms with van der Waals surface area (Å²) in [7, 11) is 0.115. The van der Waals surface area contributed by atoms with Crippen LogP contribution in [0.15, 0.2) is 30.3 Å². The second kappa shape index (κ2) is 18.2. The Labute approximate surface area is 335 Å². The molecule has 0 aliphatic rings. The second-order valence-electron chi connectivity index (χ2n) is 11.6. The largest absolute Gasteiger partial charge is 0.289 e. The molecular formula is C34H11BBr2F20OS. The van der Waals surface area contributed by atoms with Gasteiger partial charge >= 0.3 is 0 Å². The molecule has 0 spiro atoms. The quantitative estimate of drug-likeness (QED) is 0.0274. The number of halogens is 22. The fourth-order valence-corrected chi connectivity index (χ4v) is 9.87. The van der Waals surface area contributed by atoms with Crippen LogP contribution < -0.4 is 21.9 Å². The minimum atomic E-state index is -7.22. The molecule has 5 rings (SSSR count). The predicted octanol–water partition coefficient (Wildman–Crippen LogP) is 9.04. The molecule has 0 aliphatic heterocycles. The van der Waals surface area contributed by atoms with Crippen molar-refractivity contribution >= 4 is 76.5 Å². The molecule has 0 amide bonds. The van der Waals surface area contributed by atoms with E-state index in [1.165, 1.54) is 0 Å². The highest BCUT2D eigenvalue weighted by Gasteiger charge is 2.52. The zero-order valence-electron chi connectivity index (χ0n) is 27.7. The summed E-state index contributed by atoms with van der Waals surface area (Å²) in [5, 5.41) is 0. The van der Waals surface area contributed by atoms with Crippen LogP contribution in [0.5, 0.6) is 0 Å². The average Bonchev–Trinajstić information content (AvgIpc) is 3.23. The standard InChI is InChI=1S/C24BF20.C10H11Br2OS/c26-5-1(6(27)14(35)21(42)13(5)34)25(2-7(28)15(36)22(43)16(37)8(2)29,3-9(30)17(38)23(44)18(39)10(3)31)4-11(32)19(40)24(45)20(41)12(4)33;11-7-14(8-12)6-10(13)9-4-2-1-3-5-9/h;1-5H,6-8H2/q-1;+1. The molecule has 0 unspecified atom stereocenters. The molecular weight excluding hydrogens is 1010 g/mol. The number of benzene rings is 5. The number of carbonyl (C=O) groups is 1. The Bertz CT molecular complexity index is 2100. The van der Waals surface area contributed by atoms with Crippen LogP contribution in [0.25, 0.3) is 0 Å². The smallest absolute Gasteiger partial charge is 0.211 e. The van der Waals surface area contributed by atoms with Gasteiger partial charge in [-0.25, -0.2) is 87.8 Å². The number of hydrogen-bond acceptors (Lipinski definition) is 1. The van der Waals surface area contributed by atoms with Gasteiger partial charge in [0.15, 0.2) is 84.9 Å². The topological polar surface area (TPSA) is 17.1 Å². The number of rotatable bonds is 9. The van der Waals surface area contributed by atoms with Gasteiger partial charge < -0.3 is 0 Å². The first kappa shape index (κ1) is 47.4. The molecule has 0 radical (unpaired) electrons. The van der Waals surface area contributed by atoms with Crippen LogP contribution in [0, 0.1) is 116 Å². The van der Waals surface area contributed by atoms with E-state index in [2.05, 4.69) is 31.9 Å². The molecule has 0 bridgehead atoms. The average molecular weight is 1020 g/mol. The lowest BCUT2D eigenvalue weighted by Crippen LogP contribution is -2.81. The van der Waals surface area contributed by atoms with Crippen LogP contribution in [0.1, 0.15) is 10.4 Å². The van der Waals surface area contributed by atoms with E-state index in [9.17, 15) is 57.5 Å². The normalized spacial score (nSPS) is 11.6. The van der Waals surface area contributed by atoms with Gasteiger partial charge in [0.1, 0.15) is 52.7 Å². The summed E-state index contributed by atoms with van der Waals surface area (Å²) in [5.74, 6) is -70.5. The Morgan fingerprint density at radius 2 is 0.576 bits per heavy atom. The molecule has 5 aromatic rings. The lowest BCUT2D eigenvalue weighted by Gasteiger charge is -2.44. The van der Waals surface area contributed by atoms with Crippen molar-refractivity contribution in [2.75, 3.05) is 15.1 Å². The van der Waals surface area contributed by atoms with Crippen molar-refractivity contribution in [3.8, 4) is 0 Å². The van der Waals surface area contributed by atoms with Crippen LogP contribution in [0.3, 0.4) is 0 Å². The summed E-state index contributed by atoms with van der Waals surface area (Å²) in [6, 6.07) is 9.45. The molecule has 316 valence electrons. The third kappa shape index (κ3) is 7.81. The van der Waals surface area contributed by atoms with Gasteiger partial charge in [0.05, 0.1) is 0 Å². The summed E-state index contributed by atoms with van der Waals surface area (Å²) < 4.78 is 296. The summed E-state index contributed by atoms with van der Waals surface area (Å²) >= 11 is 6.81. The Morgan fingerprint density at radius 1 is 0.373 bits per heavy atom. The summed E-state index contributed by atoms with van der Waals surface area (Å²) in [4.78, 5) is 11.7. The Balaban J connectivity index is 0.000000464.